The molecule has 2 aromatic rings. The number of carbonyl (C=O) groups excluding carboxylic acids is 1. The number of amides is 1. The predicted octanol–water partition coefficient (Wildman–Crippen LogP) is 4.19. The highest BCUT2D eigenvalue weighted by molar-refractivity contribution is 5.94. The number of furan rings is 1. The number of aryl methyl sites for hydroxylation is 1. The van der Waals surface area contributed by atoms with E-state index in [4.69, 9.17) is 9.15 Å². The molecular formula is C17H18F3NO3. The fraction of sp³-hybridized carbons (Fsp3) is 0.353. The van der Waals surface area contributed by atoms with Crippen LogP contribution < -0.4 is 4.74 Å². The second-order valence-electron chi connectivity index (χ2n) is 5.27. The number of hydrogen-bond acceptors (Lipinski definition) is 3. The van der Waals surface area contributed by atoms with Gasteiger partial charge in [0.05, 0.1) is 19.4 Å². The van der Waals surface area contributed by atoms with Gasteiger partial charge in [0, 0.05) is 5.56 Å². The van der Waals surface area contributed by atoms with Crippen LogP contribution in [0.2, 0.25) is 0 Å². The van der Waals surface area contributed by atoms with Crippen molar-refractivity contribution in [1.82, 2.24) is 4.90 Å². The van der Waals surface area contributed by atoms with Gasteiger partial charge in [0.15, 0.2) is 0 Å². The molecule has 0 N–H and O–H groups in total. The van der Waals surface area contributed by atoms with Gasteiger partial charge in [-0.15, -0.1) is 0 Å². The van der Waals surface area contributed by atoms with E-state index in [-0.39, 0.29) is 17.9 Å². The summed E-state index contributed by atoms with van der Waals surface area (Å²) in [5.41, 5.74) is 0.861. The van der Waals surface area contributed by atoms with Crippen LogP contribution in [-0.2, 0) is 6.54 Å². The van der Waals surface area contributed by atoms with Crippen molar-refractivity contribution in [3.05, 3.63) is 53.5 Å². The molecule has 1 amide bonds. The van der Waals surface area contributed by atoms with E-state index in [0.717, 1.165) is 0 Å². The zero-order chi connectivity index (χ0) is 17.7. The lowest BCUT2D eigenvalue weighted by Crippen LogP contribution is -2.38. The maximum absolute atomic E-state index is 12.8. The van der Waals surface area contributed by atoms with E-state index in [9.17, 15) is 18.0 Å². The van der Waals surface area contributed by atoms with Gasteiger partial charge in [0.2, 0.25) is 0 Å². The summed E-state index contributed by atoms with van der Waals surface area (Å²) in [6.07, 6.45) is -3.14. The third-order valence-electron chi connectivity index (χ3n) is 3.31. The zero-order valence-corrected chi connectivity index (χ0v) is 13.4. The van der Waals surface area contributed by atoms with Crippen molar-refractivity contribution in [2.75, 3.05) is 13.2 Å². The Morgan fingerprint density at radius 2 is 2.04 bits per heavy atom. The summed E-state index contributed by atoms with van der Waals surface area (Å²) in [4.78, 5) is 13.2. The van der Waals surface area contributed by atoms with Crippen molar-refractivity contribution in [2.24, 2.45) is 0 Å². The Bertz CT molecular complexity index is 681. The van der Waals surface area contributed by atoms with Gasteiger partial charge in [-0.25, -0.2) is 0 Å². The monoisotopic (exact) mass is 341 g/mol. The molecule has 24 heavy (non-hydrogen) atoms. The van der Waals surface area contributed by atoms with E-state index < -0.39 is 18.6 Å². The Morgan fingerprint density at radius 3 is 2.58 bits per heavy atom. The minimum atomic E-state index is -4.50. The number of carbonyl (C=O) groups is 1. The lowest BCUT2D eigenvalue weighted by molar-refractivity contribution is -0.142. The molecule has 1 aromatic carbocycles. The Morgan fingerprint density at radius 1 is 1.29 bits per heavy atom. The molecule has 0 bridgehead atoms. The van der Waals surface area contributed by atoms with E-state index in [1.54, 1.807) is 19.1 Å². The SMILES string of the molecule is CCOc1ccc(C(=O)N(Cc2ccco2)CC(F)(F)F)cc1C. The van der Waals surface area contributed by atoms with Crippen LogP contribution in [0.3, 0.4) is 0 Å². The smallest absolute Gasteiger partial charge is 0.406 e. The van der Waals surface area contributed by atoms with E-state index in [2.05, 4.69) is 0 Å². The second kappa shape index (κ2) is 7.42. The second-order valence-corrected chi connectivity index (χ2v) is 5.27. The molecule has 0 aliphatic rings. The number of halogens is 3. The lowest BCUT2D eigenvalue weighted by atomic mass is 10.1. The van der Waals surface area contributed by atoms with Gasteiger partial charge in [0.1, 0.15) is 18.1 Å². The maximum atomic E-state index is 12.8. The molecule has 2 rings (SSSR count). The van der Waals surface area contributed by atoms with Crippen LogP contribution in [0.5, 0.6) is 5.75 Å². The van der Waals surface area contributed by atoms with Crippen LogP contribution in [0.15, 0.2) is 41.0 Å². The molecule has 0 aliphatic heterocycles. The Kier molecular flexibility index (Phi) is 5.54. The fourth-order valence-corrected chi connectivity index (χ4v) is 2.29. The van der Waals surface area contributed by atoms with Crippen molar-refractivity contribution >= 4 is 5.91 Å². The molecule has 130 valence electrons. The van der Waals surface area contributed by atoms with Crippen molar-refractivity contribution < 1.29 is 27.1 Å². The van der Waals surface area contributed by atoms with Gasteiger partial charge in [-0.2, -0.15) is 13.2 Å². The average molecular weight is 341 g/mol. The highest BCUT2D eigenvalue weighted by Gasteiger charge is 2.34. The third-order valence-corrected chi connectivity index (χ3v) is 3.31. The number of benzene rings is 1. The molecule has 7 heteroatoms. The number of nitrogens with zero attached hydrogens (tertiary/aromatic N) is 1. The molecular weight excluding hydrogens is 323 g/mol. The summed E-state index contributed by atoms with van der Waals surface area (Å²) >= 11 is 0. The average Bonchev–Trinajstić information content (AvgIpc) is 3.00. The van der Waals surface area contributed by atoms with E-state index in [0.29, 0.717) is 22.8 Å². The minimum Gasteiger partial charge on any atom is -0.494 e. The van der Waals surface area contributed by atoms with Crippen LogP contribution in [0.25, 0.3) is 0 Å². The molecule has 0 unspecified atom stereocenters. The van der Waals surface area contributed by atoms with Gasteiger partial charge in [-0.05, 0) is 49.7 Å². The van der Waals surface area contributed by atoms with Gasteiger partial charge in [-0.1, -0.05) is 0 Å². The van der Waals surface area contributed by atoms with Gasteiger partial charge in [-0.3, -0.25) is 4.79 Å². The summed E-state index contributed by atoms with van der Waals surface area (Å²) < 4.78 is 48.9. The minimum absolute atomic E-state index is 0.173. The third kappa shape index (κ3) is 4.78. The molecule has 4 nitrogen and oxygen atoms in total. The first-order chi connectivity index (χ1) is 11.3. The van der Waals surface area contributed by atoms with Crippen LogP contribution in [-0.4, -0.2) is 30.1 Å². The number of ether oxygens (including phenoxy) is 1. The molecule has 1 aromatic heterocycles. The number of alkyl halides is 3. The predicted molar refractivity (Wildman–Crippen MR) is 81.9 cm³/mol. The first-order valence-electron chi connectivity index (χ1n) is 7.42. The van der Waals surface area contributed by atoms with Gasteiger partial charge < -0.3 is 14.1 Å². The Hall–Kier alpha value is -2.44. The van der Waals surface area contributed by atoms with Gasteiger partial charge >= 0.3 is 6.18 Å². The van der Waals surface area contributed by atoms with Crippen molar-refractivity contribution in [3.8, 4) is 5.75 Å². The van der Waals surface area contributed by atoms with E-state index in [1.807, 2.05) is 6.92 Å². The first kappa shape index (κ1) is 17.9. The Labute approximate surface area is 137 Å². The number of rotatable bonds is 6. The highest BCUT2D eigenvalue weighted by atomic mass is 19.4. The largest absolute Gasteiger partial charge is 0.494 e. The summed E-state index contributed by atoms with van der Waals surface area (Å²) in [5.74, 6) is 0.174. The highest BCUT2D eigenvalue weighted by Crippen LogP contribution is 2.23. The van der Waals surface area contributed by atoms with E-state index in [1.165, 1.54) is 24.5 Å². The molecule has 0 atom stereocenters. The van der Waals surface area contributed by atoms with Crippen LogP contribution in [0.1, 0.15) is 28.6 Å². The van der Waals surface area contributed by atoms with Crippen molar-refractivity contribution in [1.29, 1.82) is 0 Å². The maximum Gasteiger partial charge on any atom is 0.406 e. The van der Waals surface area contributed by atoms with Crippen LogP contribution in [0.4, 0.5) is 13.2 Å². The van der Waals surface area contributed by atoms with Crippen molar-refractivity contribution in [2.45, 2.75) is 26.6 Å². The molecule has 0 saturated heterocycles. The van der Waals surface area contributed by atoms with Crippen LogP contribution >= 0.6 is 0 Å². The summed E-state index contributed by atoms with van der Waals surface area (Å²) in [5, 5.41) is 0. The molecule has 0 saturated carbocycles. The van der Waals surface area contributed by atoms with Crippen LogP contribution in [0, 0.1) is 6.92 Å². The summed E-state index contributed by atoms with van der Waals surface area (Å²) in [6, 6.07) is 7.67. The fourth-order valence-electron chi connectivity index (χ4n) is 2.29. The standard InChI is InChI=1S/C17H18F3NO3/c1-3-23-15-7-6-13(9-12(15)2)16(22)21(11-17(18,19)20)10-14-5-4-8-24-14/h4-9H,3,10-11H2,1-2H3. The molecule has 1 heterocycles. The first-order valence-corrected chi connectivity index (χ1v) is 7.42. The molecule has 0 aliphatic carbocycles. The zero-order valence-electron chi connectivity index (χ0n) is 13.4. The quantitative estimate of drug-likeness (QED) is 0.791. The number of hydrogen-bond donors (Lipinski definition) is 0. The summed E-state index contributed by atoms with van der Waals surface area (Å²) in [7, 11) is 0. The van der Waals surface area contributed by atoms with Crippen molar-refractivity contribution in [3.63, 3.8) is 0 Å². The molecule has 0 radical (unpaired) electrons. The van der Waals surface area contributed by atoms with E-state index >= 15 is 0 Å². The lowest BCUT2D eigenvalue weighted by Gasteiger charge is -2.23. The van der Waals surface area contributed by atoms with Gasteiger partial charge in [0.25, 0.3) is 5.91 Å². The molecule has 0 fully saturated rings. The normalized spacial score (nSPS) is 11.4. The Balaban J connectivity index is 2.24. The molecule has 0 spiro atoms. The summed E-state index contributed by atoms with van der Waals surface area (Å²) in [6.45, 7) is 2.43. The topological polar surface area (TPSA) is 42.7 Å².